The first-order chi connectivity index (χ1) is 13.1. The van der Waals surface area contributed by atoms with Crippen LogP contribution in [-0.2, 0) is 16.1 Å². The van der Waals surface area contributed by atoms with Gasteiger partial charge in [0.15, 0.2) is 0 Å². The number of ether oxygens (including phenoxy) is 1. The topological polar surface area (TPSA) is 83.8 Å². The van der Waals surface area contributed by atoms with Crippen LogP contribution < -0.4 is 10.6 Å². The van der Waals surface area contributed by atoms with Crippen LogP contribution in [0.1, 0.15) is 24.3 Å². The number of nitrogens with zero attached hydrogens (tertiary/aromatic N) is 1. The molecule has 3 rings (SSSR count). The van der Waals surface area contributed by atoms with Crippen LogP contribution in [0.25, 0.3) is 0 Å². The van der Waals surface area contributed by atoms with E-state index in [0.29, 0.717) is 30.1 Å². The van der Waals surface area contributed by atoms with Crippen LogP contribution in [0, 0.1) is 0 Å². The van der Waals surface area contributed by atoms with Gasteiger partial charge in [0.1, 0.15) is 11.8 Å². The molecular weight excluding hydrogens is 346 g/mol. The summed E-state index contributed by atoms with van der Waals surface area (Å²) in [4.78, 5) is 26.8. The number of carbonyl (C=O) groups excluding carboxylic acids is 2. The summed E-state index contributed by atoms with van der Waals surface area (Å²) in [5, 5.41) is 5.50. The molecule has 1 aromatic carbocycles. The summed E-state index contributed by atoms with van der Waals surface area (Å²) in [6.07, 6.45) is 1.51. The van der Waals surface area contributed by atoms with Crippen molar-refractivity contribution >= 4 is 12.0 Å². The molecule has 0 unspecified atom stereocenters. The van der Waals surface area contributed by atoms with Crippen LogP contribution >= 0.6 is 0 Å². The Morgan fingerprint density at radius 2 is 1.96 bits per heavy atom. The fraction of sp³-hybridized carbons (Fsp3) is 0.300. The number of esters is 1. The van der Waals surface area contributed by atoms with Gasteiger partial charge in [0.2, 0.25) is 0 Å². The molecule has 0 fully saturated rings. The van der Waals surface area contributed by atoms with Gasteiger partial charge in [0.05, 0.1) is 18.4 Å². The van der Waals surface area contributed by atoms with Crippen molar-refractivity contribution in [2.75, 3.05) is 20.2 Å². The third kappa shape index (κ3) is 4.57. The Morgan fingerprint density at radius 1 is 1.19 bits per heavy atom. The Labute approximate surface area is 158 Å². The second-order valence-corrected chi connectivity index (χ2v) is 6.32. The van der Waals surface area contributed by atoms with E-state index in [1.54, 1.807) is 19.1 Å². The zero-order valence-electron chi connectivity index (χ0n) is 15.4. The summed E-state index contributed by atoms with van der Waals surface area (Å²) in [5.74, 6) is 0.00521. The van der Waals surface area contributed by atoms with E-state index in [4.69, 9.17) is 9.15 Å². The monoisotopic (exact) mass is 369 g/mol. The molecule has 0 bridgehead atoms. The molecule has 27 heavy (non-hydrogen) atoms. The minimum atomic E-state index is -0.687. The van der Waals surface area contributed by atoms with Gasteiger partial charge in [-0.2, -0.15) is 0 Å². The second-order valence-electron chi connectivity index (χ2n) is 6.32. The molecule has 7 heteroatoms. The minimum Gasteiger partial charge on any atom is -0.467 e. The highest BCUT2D eigenvalue weighted by atomic mass is 16.5. The Kier molecular flexibility index (Phi) is 5.93. The third-order valence-electron chi connectivity index (χ3n) is 4.20. The largest absolute Gasteiger partial charge is 0.467 e. The molecule has 1 aliphatic heterocycles. The Bertz CT molecular complexity index is 815. The summed E-state index contributed by atoms with van der Waals surface area (Å²) < 4.78 is 10.7. The van der Waals surface area contributed by atoms with Gasteiger partial charge >= 0.3 is 12.0 Å². The smallest absolute Gasteiger partial charge is 0.338 e. The second kappa shape index (κ2) is 8.55. The van der Waals surface area contributed by atoms with E-state index < -0.39 is 12.0 Å². The number of urea groups is 1. The van der Waals surface area contributed by atoms with Crippen molar-refractivity contribution in [1.82, 2.24) is 15.5 Å². The summed E-state index contributed by atoms with van der Waals surface area (Å²) in [6.45, 7) is 3.05. The fourth-order valence-corrected chi connectivity index (χ4v) is 3.08. The molecule has 0 aliphatic carbocycles. The molecule has 0 radical (unpaired) electrons. The predicted octanol–water partition coefficient (Wildman–Crippen LogP) is 2.58. The summed E-state index contributed by atoms with van der Waals surface area (Å²) >= 11 is 0. The number of rotatable bonds is 7. The van der Waals surface area contributed by atoms with Crippen molar-refractivity contribution in [3.8, 4) is 0 Å². The van der Waals surface area contributed by atoms with Crippen molar-refractivity contribution in [2.45, 2.75) is 19.5 Å². The van der Waals surface area contributed by atoms with Crippen molar-refractivity contribution in [3.63, 3.8) is 0 Å². The summed E-state index contributed by atoms with van der Waals surface area (Å²) in [5.41, 5.74) is 2.00. The van der Waals surface area contributed by atoms with Gasteiger partial charge in [-0.3, -0.25) is 4.90 Å². The minimum absolute atomic E-state index is 0.244. The molecule has 1 aromatic heterocycles. The predicted molar refractivity (Wildman–Crippen MR) is 99.6 cm³/mol. The molecule has 7 nitrogen and oxygen atoms in total. The number of amides is 2. The zero-order valence-corrected chi connectivity index (χ0v) is 15.4. The molecule has 2 N–H and O–H groups in total. The van der Waals surface area contributed by atoms with E-state index in [1.807, 2.05) is 42.3 Å². The van der Waals surface area contributed by atoms with Crippen LogP contribution in [0.5, 0.6) is 0 Å². The maximum Gasteiger partial charge on any atom is 0.338 e. The number of hydrogen-bond donors (Lipinski definition) is 2. The van der Waals surface area contributed by atoms with E-state index >= 15 is 0 Å². The van der Waals surface area contributed by atoms with Crippen molar-refractivity contribution < 1.29 is 18.7 Å². The first-order valence-electron chi connectivity index (χ1n) is 8.82. The number of nitrogens with one attached hydrogen (secondary N) is 2. The van der Waals surface area contributed by atoms with Crippen LogP contribution in [0.3, 0.4) is 0 Å². The number of carbonyl (C=O) groups is 2. The van der Waals surface area contributed by atoms with Gasteiger partial charge < -0.3 is 19.8 Å². The van der Waals surface area contributed by atoms with E-state index in [1.165, 1.54) is 6.26 Å². The molecule has 1 atom stereocenters. The maximum atomic E-state index is 12.6. The van der Waals surface area contributed by atoms with Crippen LogP contribution in [0.15, 0.2) is 64.4 Å². The highest BCUT2D eigenvalue weighted by molar-refractivity contribution is 5.95. The highest BCUT2D eigenvalue weighted by Crippen LogP contribution is 2.28. The first-order valence-corrected chi connectivity index (χ1v) is 8.82. The lowest BCUT2D eigenvalue weighted by atomic mass is 10.00. The van der Waals surface area contributed by atoms with Gasteiger partial charge in [-0.15, -0.1) is 0 Å². The Hall–Kier alpha value is -3.06. The molecule has 0 saturated carbocycles. The lowest BCUT2D eigenvalue weighted by Crippen LogP contribution is -2.48. The molecule has 1 aliphatic rings. The quantitative estimate of drug-likeness (QED) is 0.733. The van der Waals surface area contributed by atoms with Crippen LogP contribution in [0.4, 0.5) is 4.79 Å². The van der Waals surface area contributed by atoms with Crippen LogP contribution in [-0.4, -0.2) is 37.1 Å². The molecule has 2 amide bonds. The summed E-state index contributed by atoms with van der Waals surface area (Å²) in [6, 6.07) is 12.4. The lowest BCUT2D eigenvalue weighted by Gasteiger charge is -2.30. The third-order valence-corrected chi connectivity index (χ3v) is 4.20. The molecule has 2 heterocycles. The average Bonchev–Trinajstić information content (AvgIpc) is 3.16. The van der Waals surface area contributed by atoms with Crippen LogP contribution in [0.2, 0.25) is 0 Å². The van der Waals surface area contributed by atoms with Gasteiger partial charge in [-0.25, -0.2) is 9.59 Å². The van der Waals surface area contributed by atoms with Gasteiger partial charge in [-0.05, 0) is 31.7 Å². The molecule has 142 valence electrons. The van der Waals surface area contributed by atoms with Gasteiger partial charge in [0.25, 0.3) is 0 Å². The van der Waals surface area contributed by atoms with Crippen molar-refractivity contribution in [1.29, 1.82) is 0 Å². The lowest BCUT2D eigenvalue weighted by molar-refractivity contribution is -0.139. The Morgan fingerprint density at radius 3 is 2.63 bits per heavy atom. The average molecular weight is 369 g/mol. The van der Waals surface area contributed by atoms with E-state index in [-0.39, 0.29) is 12.6 Å². The SMILES string of the molecule is CCOC(=O)C1=C(CN(C)Cc2ccccc2)NC(=O)N[C@@H]1c1ccco1. The Balaban J connectivity index is 1.89. The van der Waals surface area contributed by atoms with Crippen molar-refractivity contribution in [3.05, 3.63) is 71.3 Å². The van der Waals surface area contributed by atoms with E-state index in [0.717, 1.165) is 5.56 Å². The molecular formula is C20H23N3O4. The molecule has 2 aromatic rings. The first kappa shape index (κ1) is 18.7. The number of furan rings is 1. The number of hydrogen-bond acceptors (Lipinski definition) is 5. The number of benzene rings is 1. The van der Waals surface area contributed by atoms with Crippen molar-refractivity contribution in [2.24, 2.45) is 0 Å². The number of likely N-dealkylation sites (N-methyl/N-ethyl adjacent to an activating group) is 1. The van der Waals surface area contributed by atoms with E-state index in [2.05, 4.69) is 10.6 Å². The highest BCUT2D eigenvalue weighted by Gasteiger charge is 2.35. The van der Waals surface area contributed by atoms with E-state index in [9.17, 15) is 9.59 Å². The fourth-order valence-electron chi connectivity index (χ4n) is 3.08. The normalized spacial score (nSPS) is 16.9. The van der Waals surface area contributed by atoms with Gasteiger partial charge in [0, 0.05) is 18.8 Å². The summed E-state index contributed by atoms with van der Waals surface area (Å²) in [7, 11) is 1.93. The van der Waals surface area contributed by atoms with Gasteiger partial charge in [-0.1, -0.05) is 30.3 Å². The molecule has 0 spiro atoms. The zero-order chi connectivity index (χ0) is 19.2. The molecule has 0 saturated heterocycles. The maximum absolute atomic E-state index is 12.6. The standard InChI is InChI=1S/C20H23N3O4/c1-3-26-19(24)17-15(13-23(2)12-14-8-5-4-6-9-14)21-20(25)22-18(17)16-10-7-11-27-16/h4-11,18H,3,12-13H2,1-2H3,(H2,21,22,25)/t18-/m1/s1.